The van der Waals surface area contributed by atoms with Gasteiger partial charge < -0.3 is 15.3 Å². The van der Waals surface area contributed by atoms with Gasteiger partial charge in [-0.25, -0.2) is 0 Å². The monoisotopic (exact) mass is 442 g/mol. The molecule has 1 unspecified atom stereocenters. The van der Waals surface area contributed by atoms with Crippen LogP contribution in [0.2, 0.25) is 0 Å². The number of carbonyl (C=O) groups excluding carboxylic acids is 1. The Morgan fingerprint density at radius 3 is 2.37 bits per heavy atom. The lowest BCUT2D eigenvalue weighted by molar-refractivity contribution is -0.123. The van der Waals surface area contributed by atoms with Crippen molar-refractivity contribution in [2.24, 2.45) is 28.6 Å². The number of rotatable bonds is 9. The molecule has 176 valence electrons. The fraction of sp³-hybridized carbons (Fsp3) is 0.960. The predicted molar refractivity (Wildman–Crippen MR) is 127 cm³/mol. The SMILES string of the molecule is CC(C)[C@H](CN1CCC(C2CCC(Cl)CC2)C(C)(C)C1)NC(=O)CCC(C)(C)CO. The summed E-state index contributed by atoms with van der Waals surface area (Å²) in [6.07, 6.45) is 7.38. The number of amides is 1. The Labute approximate surface area is 190 Å². The van der Waals surface area contributed by atoms with E-state index in [2.05, 4.69) is 37.9 Å². The fourth-order valence-corrected chi connectivity index (χ4v) is 5.76. The Hall–Kier alpha value is -0.320. The van der Waals surface area contributed by atoms with Crippen LogP contribution in [0.3, 0.4) is 0 Å². The molecule has 0 aromatic rings. The standard InChI is InChI=1S/C25H47ClN2O2/c1-18(2)22(27-23(30)11-13-24(3,4)17-29)15-28-14-12-21(25(5,6)16-28)19-7-9-20(26)10-8-19/h18-22,29H,7-17H2,1-6H3,(H,27,30)/t19?,20?,21?,22-/m0/s1. The molecule has 2 fully saturated rings. The number of aliphatic hydroxyl groups excluding tert-OH is 1. The van der Waals surface area contributed by atoms with Crippen molar-refractivity contribution in [3.8, 4) is 0 Å². The quantitative estimate of drug-likeness (QED) is 0.490. The Bertz CT molecular complexity index is 541. The molecule has 0 spiro atoms. The Morgan fingerprint density at radius 2 is 1.83 bits per heavy atom. The lowest BCUT2D eigenvalue weighted by Gasteiger charge is -2.49. The van der Waals surface area contributed by atoms with E-state index in [-0.39, 0.29) is 24.0 Å². The van der Waals surface area contributed by atoms with Crippen LogP contribution in [0.1, 0.15) is 86.5 Å². The summed E-state index contributed by atoms with van der Waals surface area (Å²) < 4.78 is 0. The summed E-state index contributed by atoms with van der Waals surface area (Å²) >= 11 is 6.34. The molecule has 0 radical (unpaired) electrons. The number of hydrogen-bond donors (Lipinski definition) is 2. The topological polar surface area (TPSA) is 52.6 Å². The molecule has 1 heterocycles. The van der Waals surface area contributed by atoms with Crippen LogP contribution >= 0.6 is 11.6 Å². The largest absolute Gasteiger partial charge is 0.396 e. The van der Waals surface area contributed by atoms with E-state index in [1.165, 1.54) is 32.1 Å². The summed E-state index contributed by atoms with van der Waals surface area (Å²) in [5.41, 5.74) is 0.109. The number of piperidine rings is 1. The molecule has 2 atom stereocenters. The van der Waals surface area contributed by atoms with Crippen LogP contribution in [0.15, 0.2) is 0 Å². The molecule has 0 bridgehead atoms. The van der Waals surface area contributed by atoms with Crippen LogP contribution in [0.4, 0.5) is 0 Å². The third-order valence-corrected chi connectivity index (χ3v) is 8.16. The number of aliphatic hydroxyl groups is 1. The first-order chi connectivity index (χ1) is 13.9. The van der Waals surface area contributed by atoms with Crippen LogP contribution in [0.25, 0.3) is 0 Å². The van der Waals surface area contributed by atoms with Crippen molar-refractivity contribution in [3.05, 3.63) is 0 Å². The van der Waals surface area contributed by atoms with Gasteiger partial charge in [-0.1, -0.05) is 41.5 Å². The average molecular weight is 443 g/mol. The molecule has 2 aliphatic rings. The van der Waals surface area contributed by atoms with Gasteiger partial charge in [-0.2, -0.15) is 0 Å². The van der Waals surface area contributed by atoms with Crippen molar-refractivity contribution in [3.63, 3.8) is 0 Å². The maximum atomic E-state index is 12.6. The number of hydrogen-bond acceptors (Lipinski definition) is 3. The Balaban J connectivity index is 1.88. The first-order valence-electron chi connectivity index (χ1n) is 12.2. The highest BCUT2D eigenvalue weighted by Gasteiger charge is 2.41. The van der Waals surface area contributed by atoms with Gasteiger partial charge in [-0.05, 0) is 73.7 Å². The summed E-state index contributed by atoms with van der Waals surface area (Å²) in [7, 11) is 0. The molecule has 2 N–H and O–H groups in total. The predicted octanol–water partition coefficient (Wildman–Crippen LogP) is 5.07. The van der Waals surface area contributed by atoms with E-state index < -0.39 is 0 Å². The molecule has 30 heavy (non-hydrogen) atoms. The van der Waals surface area contributed by atoms with Crippen LogP contribution in [0, 0.1) is 28.6 Å². The number of likely N-dealkylation sites (tertiary alicyclic amines) is 1. The number of nitrogens with zero attached hydrogens (tertiary/aromatic N) is 1. The molecular weight excluding hydrogens is 396 g/mol. The smallest absolute Gasteiger partial charge is 0.220 e. The minimum Gasteiger partial charge on any atom is -0.396 e. The van der Waals surface area contributed by atoms with E-state index >= 15 is 0 Å². The second-order valence-corrected chi connectivity index (χ2v) is 12.5. The van der Waals surface area contributed by atoms with Crippen LogP contribution in [-0.4, -0.2) is 53.6 Å². The maximum Gasteiger partial charge on any atom is 0.220 e. The summed E-state index contributed by atoms with van der Waals surface area (Å²) in [6, 6.07) is 0.175. The molecule has 4 nitrogen and oxygen atoms in total. The van der Waals surface area contributed by atoms with Gasteiger partial charge >= 0.3 is 0 Å². The second-order valence-electron chi connectivity index (χ2n) is 11.9. The summed E-state index contributed by atoms with van der Waals surface area (Å²) in [4.78, 5) is 15.1. The molecule has 1 aliphatic heterocycles. The molecular formula is C25H47ClN2O2. The van der Waals surface area contributed by atoms with Gasteiger partial charge in [0.25, 0.3) is 0 Å². The van der Waals surface area contributed by atoms with Crippen molar-refractivity contribution < 1.29 is 9.90 Å². The number of halogens is 1. The maximum absolute atomic E-state index is 12.6. The van der Waals surface area contributed by atoms with Crippen molar-refractivity contribution in [1.82, 2.24) is 10.2 Å². The Morgan fingerprint density at radius 1 is 1.20 bits per heavy atom. The van der Waals surface area contributed by atoms with Gasteiger partial charge in [-0.3, -0.25) is 4.79 Å². The van der Waals surface area contributed by atoms with Crippen molar-refractivity contribution >= 4 is 17.5 Å². The highest BCUT2D eigenvalue weighted by molar-refractivity contribution is 6.20. The van der Waals surface area contributed by atoms with Crippen LogP contribution in [0.5, 0.6) is 0 Å². The van der Waals surface area contributed by atoms with Gasteiger partial charge in [0.15, 0.2) is 0 Å². The van der Waals surface area contributed by atoms with Crippen molar-refractivity contribution in [2.75, 3.05) is 26.2 Å². The highest BCUT2D eigenvalue weighted by atomic mass is 35.5. The zero-order valence-electron chi connectivity index (χ0n) is 20.3. The van der Waals surface area contributed by atoms with Crippen LogP contribution < -0.4 is 5.32 Å². The van der Waals surface area contributed by atoms with E-state index in [0.29, 0.717) is 29.6 Å². The summed E-state index contributed by atoms with van der Waals surface area (Å²) in [5, 5.41) is 13.1. The number of nitrogens with one attached hydrogen (secondary N) is 1. The Kier molecular flexibility index (Phi) is 9.52. The molecule has 1 aliphatic carbocycles. The molecule has 1 amide bonds. The zero-order chi connectivity index (χ0) is 22.5. The molecule has 0 aromatic carbocycles. The van der Waals surface area contributed by atoms with E-state index in [0.717, 1.165) is 31.5 Å². The summed E-state index contributed by atoms with van der Waals surface area (Å²) in [6.45, 7) is 16.6. The lowest BCUT2D eigenvalue weighted by Crippen LogP contribution is -2.53. The van der Waals surface area contributed by atoms with Gasteiger partial charge in [0.1, 0.15) is 0 Å². The molecule has 0 aromatic heterocycles. The van der Waals surface area contributed by atoms with Crippen LogP contribution in [-0.2, 0) is 4.79 Å². The number of alkyl halides is 1. The van der Waals surface area contributed by atoms with Gasteiger partial charge in [-0.15, -0.1) is 11.6 Å². The van der Waals surface area contributed by atoms with E-state index in [4.69, 9.17) is 11.6 Å². The molecule has 1 saturated heterocycles. The van der Waals surface area contributed by atoms with Gasteiger partial charge in [0.05, 0.1) is 0 Å². The number of carbonyl (C=O) groups is 1. The van der Waals surface area contributed by atoms with E-state index in [1.807, 2.05) is 13.8 Å². The van der Waals surface area contributed by atoms with Crippen molar-refractivity contribution in [1.29, 1.82) is 0 Å². The van der Waals surface area contributed by atoms with Crippen molar-refractivity contribution in [2.45, 2.75) is 97.9 Å². The minimum absolute atomic E-state index is 0.113. The normalized spacial score (nSPS) is 29.0. The third kappa shape index (κ3) is 7.67. The highest BCUT2D eigenvalue weighted by Crippen LogP contribution is 2.45. The fourth-order valence-electron chi connectivity index (χ4n) is 5.51. The van der Waals surface area contributed by atoms with Gasteiger partial charge in [0, 0.05) is 37.5 Å². The molecule has 2 rings (SSSR count). The summed E-state index contributed by atoms with van der Waals surface area (Å²) in [5.74, 6) is 2.13. The van der Waals surface area contributed by atoms with E-state index in [1.54, 1.807) is 0 Å². The molecule has 1 saturated carbocycles. The zero-order valence-corrected chi connectivity index (χ0v) is 21.1. The third-order valence-electron chi connectivity index (χ3n) is 7.72. The van der Waals surface area contributed by atoms with E-state index in [9.17, 15) is 9.90 Å². The minimum atomic E-state index is -0.195. The second kappa shape index (κ2) is 11.0. The lowest BCUT2D eigenvalue weighted by atomic mass is 9.64. The first-order valence-corrected chi connectivity index (χ1v) is 12.6. The average Bonchev–Trinajstić information content (AvgIpc) is 2.66. The first kappa shape index (κ1) is 25.9. The van der Waals surface area contributed by atoms with Gasteiger partial charge in [0.2, 0.25) is 5.91 Å². The molecule has 5 heteroatoms.